The van der Waals surface area contributed by atoms with Gasteiger partial charge in [0.15, 0.2) is 0 Å². The third-order valence-corrected chi connectivity index (χ3v) is 1.09. The molecule has 0 aromatic carbocycles. The molecule has 0 atom stereocenters. The van der Waals surface area contributed by atoms with Gasteiger partial charge < -0.3 is 10.1 Å². The Morgan fingerprint density at radius 1 is 1.58 bits per heavy atom. The maximum absolute atomic E-state index is 12.3. The van der Waals surface area contributed by atoms with Gasteiger partial charge >= 0.3 is 6.08 Å². The van der Waals surface area contributed by atoms with Crippen LogP contribution >= 0.6 is 0 Å². The standard InChI is InChI=1S/C6H8FN4O/c1-12-3-2-8-6-10-4-9-5(7)11-6/h2-3H2,1H3,(H,8,9,10,11). The highest BCUT2D eigenvalue weighted by molar-refractivity contribution is 5.20. The first-order valence-electron chi connectivity index (χ1n) is 3.33. The van der Waals surface area contributed by atoms with Crippen LogP contribution in [0.4, 0.5) is 10.3 Å². The molecule has 1 aromatic heterocycles. The zero-order valence-electron chi connectivity index (χ0n) is 6.54. The predicted molar refractivity (Wildman–Crippen MR) is 39.0 cm³/mol. The first-order chi connectivity index (χ1) is 5.83. The lowest BCUT2D eigenvalue weighted by Gasteiger charge is -2.01. The second kappa shape index (κ2) is 4.55. The highest BCUT2D eigenvalue weighted by atomic mass is 19.1. The maximum Gasteiger partial charge on any atom is 0.314 e. The van der Waals surface area contributed by atoms with Gasteiger partial charge in [0, 0.05) is 13.7 Å². The Bertz CT molecular complexity index is 245. The van der Waals surface area contributed by atoms with E-state index in [0.717, 1.165) is 0 Å². The Morgan fingerprint density at radius 2 is 2.42 bits per heavy atom. The lowest BCUT2D eigenvalue weighted by atomic mass is 10.7. The van der Waals surface area contributed by atoms with Crippen LogP contribution in [0.3, 0.4) is 0 Å². The van der Waals surface area contributed by atoms with Gasteiger partial charge in [-0.3, -0.25) is 0 Å². The second-order valence-electron chi connectivity index (χ2n) is 1.95. The molecule has 1 radical (unpaired) electrons. The molecule has 0 fully saturated rings. The number of nitrogens with one attached hydrogen (secondary N) is 1. The summed E-state index contributed by atoms with van der Waals surface area (Å²) in [6, 6.07) is 0. The SMILES string of the molecule is COCCNc1n[c]nc(F)n1. The van der Waals surface area contributed by atoms with E-state index >= 15 is 0 Å². The summed E-state index contributed by atoms with van der Waals surface area (Å²) in [6.07, 6.45) is 1.27. The van der Waals surface area contributed by atoms with Gasteiger partial charge in [0.1, 0.15) is 0 Å². The van der Waals surface area contributed by atoms with E-state index in [2.05, 4.69) is 26.6 Å². The van der Waals surface area contributed by atoms with Crippen molar-refractivity contribution in [2.75, 3.05) is 25.6 Å². The minimum Gasteiger partial charge on any atom is -0.383 e. The van der Waals surface area contributed by atoms with E-state index < -0.39 is 6.08 Å². The van der Waals surface area contributed by atoms with Crippen molar-refractivity contribution in [1.82, 2.24) is 15.0 Å². The van der Waals surface area contributed by atoms with Gasteiger partial charge in [0.05, 0.1) is 6.61 Å². The Balaban J connectivity index is 2.41. The monoisotopic (exact) mass is 171 g/mol. The van der Waals surface area contributed by atoms with Crippen molar-refractivity contribution < 1.29 is 9.13 Å². The zero-order chi connectivity index (χ0) is 8.81. The van der Waals surface area contributed by atoms with E-state index in [0.29, 0.717) is 13.2 Å². The van der Waals surface area contributed by atoms with Crippen LogP contribution in [-0.4, -0.2) is 35.2 Å². The van der Waals surface area contributed by atoms with Crippen molar-refractivity contribution in [3.63, 3.8) is 0 Å². The molecule has 0 aliphatic rings. The Hall–Kier alpha value is -1.30. The first kappa shape index (κ1) is 8.79. The minimum absolute atomic E-state index is 0.166. The van der Waals surface area contributed by atoms with Crippen molar-refractivity contribution in [1.29, 1.82) is 0 Å². The van der Waals surface area contributed by atoms with Crippen LogP contribution in [0.5, 0.6) is 0 Å². The predicted octanol–water partition coefficient (Wildman–Crippen LogP) is -0.131. The van der Waals surface area contributed by atoms with Gasteiger partial charge in [-0.2, -0.15) is 19.3 Å². The summed E-state index contributed by atoms with van der Waals surface area (Å²) >= 11 is 0. The molecular weight excluding hydrogens is 163 g/mol. The van der Waals surface area contributed by atoms with Gasteiger partial charge in [-0.1, -0.05) is 0 Å². The molecule has 0 saturated heterocycles. The Kier molecular flexibility index (Phi) is 3.34. The number of methoxy groups -OCH3 is 1. The molecular formula is C6H8FN4O. The van der Waals surface area contributed by atoms with E-state index in [1.807, 2.05) is 0 Å². The fraction of sp³-hybridized carbons (Fsp3) is 0.500. The summed E-state index contributed by atoms with van der Waals surface area (Å²) in [5.74, 6) is 0.166. The summed E-state index contributed by atoms with van der Waals surface area (Å²) in [5, 5.41) is 2.73. The van der Waals surface area contributed by atoms with Gasteiger partial charge in [-0.05, 0) is 0 Å². The summed E-state index contributed by atoms with van der Waals surface area (Å²) in [4.78, 5) is 10.00. The molecule has 1 rings (SSSR count). The molecule has 0 unspecified atom stereocenters. The van der Waals surface area contributed by atoms with E-state index in [4.69, 9.17) is 4.74 Å². The first-order valence-corrected chi connectivity index (χ1v) is 3.33. The third kappa shape index (κ3) is 2.75. The average molecular weight is 171 g/mol. The summed E-state index contributed by atoms with van der Waals surface area (Å²) in [7, 11) is 1.57. The zero-order valence-corrected chi connectivity index (χ0v) is 6.54. The molecule has 1 heterocycles. The van der Waals surface area contributed by atoms with Crippen LogP contribution in [0.2, 0.25) is 0 Å². The van der Waals surface area contributed by atoms with Crippen molar-refractivity contribution in [3.8, 4) is 0 Å². The molecule has 0 aliphatic heterocycles. The number of anilines is 1. The fourth-order valence-corrected chi connectivity index (χ4v) is 0.595. The molecule has 0 bridgehead atoms. The molecule has 5 nitrogen and oxygen atoms in total. The number of aromatic nitrogens is 3. The summed E-state index contributed by atoms with van der Waals surface area (Å²) in [5.41, 5.74) is 0. The van der Waals surface area contributed by atoms with Crippen molar-refractivity contribution in [2.45, 2.75) is 0 Å². The topological polar surface area (TPSA) is 59.9 Å². The minimum atomic E-state index is -0.843. The van der Waals surface area contributed by atoms with Crippen molar-refractivity contribution in [2.24, 2.45) is 0 Å². The normalized spacial score (nSPS) is 9.83. The number of nitrogens with zero attached hydrogens (tertiary/aromatic N) is 3. The fourth-order valence-electron chi connectivity index (χ4n) is 0.595. The molecule has 65 valence electrons. The van der Waals surface area contributed by atoms with Crippen LogP contribution in [0.25, 0.3) is 0 Å². The van der Waals surface area contributed by atoms with Gasteiger partial charge in [0.2, 0.25) is 12.3 Å². The quantitative estimate of drug-likeness (QED) is 0.639. The molecule has 1 aromatic rings. The highest BCUT2D eigenvalue weighted by Crippen LogP contribution is 1.93. The Morgan fingerprint density at radius 3 is 3.08 bits per heavy atom. The molecule has 1 N–H and O–H groups in total. The largest absolute Gasteiger partial charge is 0.383 e. The maximum atomic E-state index is 12.3. The van der Waals surface area contributed by atoms with Crippen molar-refractivity contribution >= 4 is 5.95 Å². The number of rotatable bonds is 4. The summed E-state index contributed by atoms with van der Waals surface area (Å²) < 4.78 is 17.1. The van der Waals surface area contributed by atoms with Gasteiger partial charge in [-0.25, -0.2) is 0 Å². The van der Waals surface area contributed by atoms with Crippen LogP contribution in [0.15, 0.2) is 0 Å². The van der Waals surface area contributed by atoms with E-state index in [-0.39, 0.29) is 5.95 Å². The third-order valence-electron chi connectivity index (χ3n) is 1.09. The molecule has 0 saturated carbocycles. The smallest absolute Gasteiger partial charge is 0.314 e. The highest BCUT2D eigenvalue weighted by Gasteiger charge is 1.97. The lowest BCUT2D eigenvalue weighted by Crippen LogP contribution is -2.11. The van der Waals surface area contributed by atoms with Crippen LogP contribution < -0.4 is 5.32 Å². The molecule has 0 amide bonds. The van der Waals surface area contributed by atoms with Crippen molar-refractivity contribution in [3.05, 3.63) is 12.4 Å². The average Bonchev–Trinajstić information content (AvgIpc) is 2.05. The number of ether oxygens (including phenoxy) is 1. The number of hydrogen-bond acceptors (Lipinski definition) is 5. The second-order valence-corrected chi connectivity index (χ2v) is 1.95. The molecule has 12 heavy (non-hydrogen) atoms. The molecule has 6 heteroatoms. The van der Waals surface area contributed by atoms with Gasteiger partial charge in [-0.15, -0.1) is 0 Å². The molecule has 0 spiro atoms. The summed E-state index contributed by atoms with van der Waals surface area (Å²) in [6.45, 7) is 1.03. The van der Waals surface area contributed by atoms with Crippen LogP contribution in [-0.2, 0) is 4.74 Å². The van der Waals surface area contributed by atoms with Crippen LogP contribution in [0.1, 0.15) is 0 Å². The van der Waals surface area contributed by atoms with E-state index in [9.17, 15) is 4.39 Å². The number of hydrogen-bond donors (Lipinski definition) is 1. The number of halogens is 1. The van der Waals surface area contributed by atoms with Crippen LogP contribution in [0, 0.1) is 12.4 Å². The Labute approximate surface area is 69.0 Å². The lowest BCUT2D eigenvalue weighted by molar-refractivity contribution is 0.210. The van der Waals surface area contributed by atoms with Gasteiger partial charge in [0.25, 0.3) is 0 Å². The van der Waals surface area contributed by atoms with E-state index in [1.165, 1.54) is 0 Å². The van der Waals surface area contributed by atoms with E-state index in [1.54, 1.807) is 7.11 Å². The molecule has 0 aliphatic carbocycles.